The van der Waals surface area contributed by atoms with Crippen LogP contribution in [0.2, 0.25) is 0 Å². The third-order valence-electron chi connectivity index (χ3n) is 2.29. The molecule has 2 rings (SSSR count). The quantitative estimate of drug-likeness (QED) is 0.787. The summed E-state index contributed by atoms with van der Waals surface area (Å²) in [4.78, 5) is 26.0. The average molecular weight is 347 g/mol. The standard InChI is InChI=1S/C12H8F3N3O4S/c13-12(14,15)22-7-3-1-6(2-4-7)16-10(21)18-11-17-8(5-23-11)9(19)20/h1-5H,(H,19,20)(H2,16,17,18,21). The number of anilines is 2. The molecule has 0 aliphatic rings. The van der Waals surface area contributed by atoms with Crippen molar-refractivity contribution in [1.82, 2.24) is 4.98 Å². The van der Waals surface area contributed by atoms with Gasteiger partial charge in [-0.3, -0.25) is 5.32 Å². The molecule has 0 bridgehead atoms. The zero-order valence-electron chi connectivity index (χ0n) is 11.0. The Balaban J connectivity index is 1.93. The van der Waals surface area contributed by atoms with Crippen LogP contribution in [0.25, 0.3) is 0 Å². The number of aromatic carboxylic acids is 1. The molecule has 3 N–H and O–H groups in total. The first-order valence-electron chi connectivity index (χ1n) is 5.85. The van der Waals surface area contributed by atoms with Crippen LogP contribution in [0.4, 0.5) is 28.8 Å². The number of aromatic nitrogens is 1. The number of carbonyl (C=O) groups excluding carboxylic acids is 1. The second-order valence-corrected chi connectivity index (χ2v) is 4.85. The Labute approximate surface area is 130 Å². The van der Waals surface area contributed by atoms with Crippen molar-refractivity contribution in [2.24, 2.45) is 0 Å². The first-order valence-corrected chi connectivity index (χ1v) is 6.73. The summed E-state index contributed by atoms with van der Waals surface area (Å²) < 4.78 is 39.7. The van der Waals surface area contributed by atoms with E-state index in [0.717, 1.165) is 23.5 Å². The van der Waals surface area contributed by atoms with E-state index in [9.17, 15) is 22.8 Å². The molecule has 7 nitrogen and oxygen atoms in total. The van der Waals surface area contributed by atoms with Crippen molar-refractivity contribution >= 4 is 34.2 Å². The van der Waals surface area contributed by atoms with Gasteiger partial charge in [0.15, 0.2) is 10.8 Å². The smallest absolute Gasteiger partial charge is 0.476 e. The minimum atomic E-state index is -4.79. The molecule has 0 unspecified atom stereocenters. The molecule has 11 heteroatoms. The van der Waals surface area contributed by atoms with E-state index >= 15 is 0 Å². The third kappa shape index (κ3) is 5.14. The van der Waals surface area contributed by atoms with E-state index in [2.05, 4.69) is 20.4 Å². The number of rotatable bonds is 4. The SMILES string of the molecule is O=C(Nc1ccc(OC(F)(F)F)cc1)Nc1nc(C(=O)O)cs1. The largest absolute Gasteiger partial charge is 0.573 e. The number of carboxylic acids is 1. The van der Waals surface area contributed by atoms with Crippen LogP contribution >= 0.6 is 11.3 Å². The monoisotopic (exact) mass is 347 g/mol. The fourth-order valence-electron chi connectivity index (χ4n) is 1.43. The van der Waals surface area contributed by atoms with E-state index in [1.165, 1.54) is 17.5 Å². The highest BCUT2D eigenvalue weighted by molar-refractivity contribution is 7.14. The summed E-state index contributed by atoms with van der Waals surface area (Å²) >= 11 is 0.917. The lowest BCUT2D eigenvalue weighted by Crippen LogP contribution is -2.19. The Bertz CT molecular complexity index is 715. The van der Waals surface area contributed by atoms with Gasteiger partial charge in [0, 0.05) is 11.1 Å². The lowest BCUT2D eigenvalue weighted by Gasteiger charge is -2.10. The predicted octanol–water partition coefficient (Wildman–Crippen LogP) is 3.38. The molecule has 1 aromatic heterocycles. The number of alkyl halides is 3. The van der Waals surface area contributed by atoms with Gasteiger partial charge in [-0.05, 0) is 24.3 Å². The molecule has 0 aliphatic carbocycles. The van der Waals surface area contributed by atoms with Crippen LogP contribution in [0.15, 0.2) is 29.6 Å². The molecular formula is C12H8F3N3O4S. The van der Waals surface area contributed by atoms with Crippen LogP contribution in [0.3, 0.4) is 0 Å². The second-order valence-electron chi connectivity index (χ2n) is 3.99. The number of carbonyl (C=O) groups is 2. The molecule has 2 amide bonds. The molecule has 23 heavy (non-hydrogen) atoms. The summed E-state index contributed by atoms with van der Waals surface area (Å²) in [5, 5.41) is 14.7. The van der Waals surface area contributed by atoms with Gasteiger partial charge in [-0.1, -0.05) is 0 Å². The number of ether oxygens (including phenoxy) is 1. The Hall–Kier alpha value is -2.82. The van der Waals surface area contributed by atoms with Gasteiger partial charge in [-0.2, -0.15) is 0 Å². The van der Waals surface area contributed by atoms with Gasteiger partial charge in [0.05, 0.1) is 0 Å². The number of nitrogens with zero attached hydrogens (tertiary/aromatic N) is 1. The summed E-state index contributed by atoms with van der Waals surface area (Å²) in [6.45, 7) is 0. The van der Waals surface area contributed by atoms with Crippen molar-refractivity contribution < 1.29 is 32.6 Å². The van der Waals surface area contributed by atoms with E-state index in [0.29, 0.717) is 0 Å². The number of carboxylic acid groups (broad SMARTS) is 1. The van der Waals surface area contributed by atoms with Crippen molar-refractivity contribution in [3.63, 3.8) is 0 Å². The Morgan fingerprint density at radius 1 is 1.17 bits per heavy atom. The Kier molecular flexibility index (Phi) is 4.69. The van der Waals surface area contributed by atoms with E-state index in [1.54, 1.807) is 0 Å². The Morgan fingerprint density at radius 2 is 1.83 bits per heavy atom. The van der Waals surface area contributed by atoms with Gasteiger partial charge in [0.2, 0.25) is 0 Å². The van der Waals surface area contributed by atoms with Gasteiger partial charge in [0.1, 0.15) is 5.75 Å². The average Bonchev–Trinajstić information content (AvgIpc) is 2.88. The number of hydrogen-bond acceptors (Lipinski definition) is 5. The van der Waals surface area contributed by atoms with Crippen LogP contribution in [0.1, 0.15) is 10.5 Å². The molecule has 0 saturated heterocycles. The molecule has 0 atom stereocenters. The number of amides is 2. The highest BCUT2D eigenvalue weighted by Crippen LogP contribution is 2.24. The predicted molar refractivity (Wildman–Crippen MR) is 74.8 cm³/mol. The van der Waals surface area contributed by atoms with Gasteiger partial charge in [-0.15, -0.1) is 24.5 Å². The molecule has 0 fully saturated rings. The fourth-order valence-corrected chi connectivity index (χ4v) is 2.11. The topological polar surface area (TPSA) is 101 Å². The summed E-state index contributed by atoms with van der Waals surface area (Å²) in [5.74, 6) is -1.65. The van der Waals surface area contributed by atoms with Gasteiger partial charge in [0.25, 0.3) is 0 Å². The minimum absolute atomic E-state index is 0.0666. The molecule has 1 heterocycles. The van der Waals surface area contributed by atoms with Crippen LogP contribution in [-0.2, 0) is 0 Å². The molecule has 122 valence electrons. The fraction of sp³-hybridized carbons (Fsp3) is 0.0833. The highest BCUT2D eigenvalue weighted by Gasteiger charge is 2.30. The maximum Gasteiger partial charge on any atom is 0.573 e. The lowest BCUT2D eigenvalue weighted by molar-refractivity contribution is -0.274. The number of hydrogen-bond donors (Lipinski definition) is 3. The number of nitrogens with one attached hydrogen (secondary N) is 2. The number of benzene rings is 1. The summed E-state index contributed by atoms with van der Waals surface area (Å²) in [5.41, 5.74) is 0.00555. The van der Waals surface area contributed by atoms with Crippen molar-refractivity contribution in [2.75, 3.05) is 10.6 Å². The summed E-state index contributed by atoms with van der Waals surface area (Å²) in [6, 6.07) is 3.78. The van der Waals surface area contributed by atoms with Crippen molar-refractivity contribution in [1.29, 1.82) is 0 Å². The first kappa shape index (κ1) is 16.5. The molecule has 0 aliphatic heterocycles. The van der Waals surface area contributed by atoms with Crippen molar-refractivity contribution in [2.45, 2.75) is 6.36 Å². The van der Waals surface area contributed by atoms with E-state index < -0.39 is 24.1 Å². The van der Waals surface area contributed by atoms with Crippen LogP contribution in [0.5, 0.6) is 5.75 Å². The third-order valence-corrected chi connectivity index (χ3v) is 3.05. The van der Waals surface area contributed by atoms with Crippen LogP contribution < -0.4 is 15.4 Å². The zero-order valence-corrected chi connectivity index (χ0v) is 11.9. The summed E-state index contributed by atoms with van der Waals surface area (Å²) in [7, 11) is 0. The van der Waals surface area contributed by atoms with Crippen molar-refractivity contribution in [3.8, 4) is 5.75 Å². The molecule has 0 radical (unpaired) electrons. The number of halogens is 3. The molecule has 2 aromatic rings. The van der Waals surface area contributed by atoms with E-state index in [1.807, 2.05) is 0 Å². The van der Waals surface area contributed by atoms with Gasteiger partial charge in [-0.25, -0.2) is 14.6 Å². The molecular weight excluding hydrogens is 339 g/mol. The molecule has 0 saturated carbocycles. The minimum Gasteiger partial charge on any atom is -0.476 e. The summed E-state index contributed by atoms with van der Waals surface area (Å²) in [6.07, 6.45) is -4.79. The Morgan fingerprint density at radius 3 is 2.35 bits per heavy atom. The number of urea groups is 1. The normalized spacial score (nSPS) is 10.9. The van der Waals surface area contributed by atoms with Gasteiger partial charge < -0.3 is 15.2 Å². The van der Waals surface area contributed by atoms with Crippen LogP contribution in [0, 0.1) is 0 Å². The van der Waals surface area contributed by atoms with E-state index in [-0.39, 0.29) is 16.5 Å². The van der Waals surface area contributed by atoms with Crippen LogP contribution in [-0.4, -0.2) is 28.5 Å². The molecule has 0 spiro atoms. The lowest BCUT2D eigenvalue weighted by atomic mass is 10.3. The first-order chi connectivity index (χ1) is 10.7. The highest BCUT2D eigenvalue weighted by atomic mass is 32.1. The van der Waals surface area contributed by atoms with Crippen molar-refractivity contribution in [3.05, 3.63) is 35.3 Å². The van der Waals surface area contributed by atoms with E-state index in [4.69, 9.17) is 5.11 Å². The number of thiazole rings is 1. The maximum atomic E-state index is 12.0. The maximum absolute atomic E-state index is 12.0. The zero-order chi connectivity index (χ0) is 17.0. The molecule has 1 aromatic carbocycles. The van der Waals surface area contributed by atoms with Gasteiger partial charge >= 0.3 is 18.4 Å². The second kappa shape index (κ2) is 6.52.